The van der Waals surface area contributed by atoms with Gasteiger partial charge < -0.3 is 20.1 Å². The Bertz CT molecular complexity index is 1520. The number of halogens is 1. The number of ether oxygens (including phenoxy) is 2. The monoisotopic (exact) mass is 611 g/mol. The standard InChI is InChI=1S/C32H38ClN3O5S/c33-24-7-10-27(11-8-24)41-29-15-18-36(31(21-29)32(37)35-16-13-25(34)14-17-35)42(38,39)30-12-6-22-19-28(9-5-23(22)20-30)40-26-3-1-2-4-26/h5-12,19-20,25-26,29,31H,1-4,13-18,21,34H2/t29-,31-/m0/s1. The van der Waals surface area contributed by atoms with Crippen LogP contribution in [-0.2, 0) is 14.8 Å². The second-order valence-electron chi connectivity index (χ2n) is 11.7. The van der Waals surface area contributed by atoms with Crippen molar-refractivity contribution in [1.29, 1.82) is 0 Å². The summed E-state index contributed by atoms with van der Waals surface area (Å²) >= 11 is 6.03. The van der Waals surface area contributed by atoms with Gasteiger partial charge in [-0.05, 0) is 104 Å². The Morgan fingerprint density at radius 1 is 0.786 bits per heavy atom. The molecule has 3 fully saturated rings. The number of likely N-dealkylation sites (tertiary alicyclic amines) is 1. The summed E-state index contributed by atoms with van der Waals surface area (Å²) in [5, 5.41) is 2.33. The van der Waals surface area contributed by atoms with E-state index < -0.39 is 16.1 Å². The fraction of sp³-hybridized carbons (Fsp3) is 0.469. The van der Waals surface area contributed by atoms with Gasteiger partial charge in [0.1, 0.15) is 23.6 Å². The minimum atomic E-state index is -3.97. The summed E-state index contributed by atoms with van der Waals surface area (Å²) in [6.07, 6.45) is 6.59. The minimum absolute atomic E-state index is 0.0582. The highest BCUT2D eigenvalue weighted by Gasteiger charge is 2.43. The van der Waals surface area contributed by atoms with Crippen LogP contribution in [0.1, 0.15) is 51.4 Å². The van der Waals surface area contributed by atoms with Crippen LogP contribution >= 0.6 is 11.6 Å². The molecule has 1 aliphatic carbocycles. The van der Waals surface area contributed by atoms with Crippen molar-refractivity contribution >= 4 is 38.3 Å². The molecule has 224 valence electrons. The average molecular weight is 612 g/mol. The normalized spacial score (nSPS) is 22.9. The summed E-state index contributed by atoms with van der Waals surface area (Å²) in [6.45, 7) is 1.22. The summed E-state index contributed by atoms with van der Waals surface area (Å²) in [5.74, 6) is 1.26. The second kappa shape index (κ2) is 12.4. The van der Waals surface area contributed by atoms with Crippen molar-refractivity contribution < 1.29 is 22.7 Å². The number of rotatable bonds is 7. The van der Waals surface area contributed by atoms with Gasteiger partial charge in [0.25, 0.3) is 0 Å². The number of nitrogens with zero attached hydrogens (tertiary/aromatic N) is 2. The Hall–Kier alpha value is -2.85. The minimum Gasteiger partial charge on any atom is -0.490 e. The molecule has 2 aliphatic heterocycles. The lowest BCUT2D eigenvalue weighted by Crippen LogP contribution is -2.57. The van der Waals surface area contributed by atoms with Gasteiger partial charge in [0.15, 0.2) is 0 Å². The third-order valence-corrected chi connectivity index (χ3v) is 10.9. The quantitative estimate of drug-likeness (QED) is 0.386. The maximum Gasteiger partial charge on any atom is 0.243 e. The molecule has 42 heavy (non-hydrogen) atoms. The van der Waals surface area contributed by atoms with Crippen LogP contribution in [0.25, 0.3) is 10.8 Å². The highest BCUT2D eigenvalue weighted by molar-refractivity contribution is 7.89. The molecule has 2 saturated heterocycles. The van der Waals surface area contributed by atoms with Crippen molar-refractivity contribution in [2.75, 3.05) is 19.6 Å². The Kier molecular flexibility index (Phi) is 8.63. The molecule has 0 spiro atoms. The number of piperidine rings is 2. The van der Waals surface area contributed by atoms with Crippen molar-refractivity contribution in [3.63, 3.8) is 0 Å². The van der Waals surface area contributed by atoms with E-state index in [1.165, 1.54) is 17.1 Å². The Labute approximate surface area is 252 Å². The highest BCUT2D eigenvalue weighted by atomic mass is 35.5. The van der Waals surface area contributed by atoms with Crippen molar-refractivity contribution in [3.8, 4) is 11.5 Å². The third-order valence-electron chi connectivity index (χ3n) is 8.75. The lowest BCUT2D eigenvalue weighted by Gasteiger charge is -2.41. The first-order valence-corrected chi connectivity index (χ1v) is 16.8. The lowest BCUT2D eigenvalue weighted by molar-refractivity contribution is -0.138. The number of benzene rings is 3. The maximum absolute atomic E-state index is 14.1. The van der Waals surface area contributed by atoms with E-state index >= 15 is 0 Å². The zero-order chi connectivity index (χ0) is 29.3. The number of hydrogen-bond acceptors (Lipinski definition) is 6. The van der Waals surface area contributed by atoms with Gasteiger partial charge in [-0.1, -0.05) is 23.7 Å². The van der Waals surface area contributed by atoms with E-state index in [1.54, 1.807) is 41.3 Å². The molecule has 10 heteroatoms. The molecule has 0 radical (unpaired) electrons. The Morgan fingerprint density at radius 3 is 2.17 bits per heavy atom. The van der Waals surface area contributed by atoms with Gasteiger partial charge in [-0.3, -0.25) is 4.79 Å². The van der Waals surface area contributed by atoms with Crippen LogP contribution in [0, 0.1) is 0 Å². The SMILES string of the molecule is NC1CCN(C(=O)[C@@H]2C[C@@H](Oc3ccc(Cl)cc3)CCN2S(=O)(=O)c2ccc3cc(OC4CCCC4)ccc3c2)CC1. The molecule has 3 aromatic rings. The largest absolute Gasteiger partial charge is 0.490 e. The molecule has 1 amide bonds. The molecule has 3 aromatic carbocycles. The summed E-state index contributed by atoms with van der Waals surface area (Å²) < 4.78 is 42.0. The van der Waals surface area contributed by atoms with Gasteiger partial charge in [-0.2, -0.15) is 4.31 Å². The van der Waals surface area contributed by atoms with E-state index in [9.17, 15) is 13.2 Å². The molecule has 3 aliphatic rings. The van der Waals surface area contributed by atoms with Crippen LogP contribution in [0.5, 0.6) is 11.5 Å². The number of fused-ring (bicyclic) bond motifs is 1. The fourth-order valence-electron chi connectivity index (χ4n) is 6.34. The summed E-state index contributed by atoms with van der Waals surface area (Å²) in [4.78, 5) is 15.8. The summed E-state index contributed by atoms with van der Waals surface area (Å²) in [7, 11) is -3.97. The van der Waals surface area contributed by atoms with Gasteiger partial charge in [0, 0.05) is 37.1 Å². The average Bonchev–Trinajstić information content (AvgIpc) is 3.51. The van der Waals surface area contributed by atoms with Crippen LogP contribution in [0.4, 0.5) is 0 Å². The van der Waals surface area contributed by atoms with Gasteiger partial charge in [0.05, 0.1) is 11.0 Å². The maximum atomic E-state index is 14.1. The third kappa shape index (κ3) is 6.39. The van der Waals surface area contributed by atoms with E-state index in [-0.39, 0.29) is 42.0 Å². The van der Waals surface area contributed by atoms with Crippen molar-refractivity contribution in [2.24, 2.45) is 5.73 Å². The number of carbonyl (C=O) groups is 1. The molecule has 2 atom stereocenters. The van der Waals surface area contributed by atoms with Crippen molar-refractivity contribution in [2.45, 2.75) is 80.6 Å². The molecule has 0 unspecified atom stereocenters. The molecular weight excluding hydrogens is 574 g/mol. The van der Waals surface area contributed by atoms with E-state index in [1.807, 2.05) is 24.3 Å². The second-order valence-corrected chi connectivity index (χ2v) is 14.0. The van der Waals surface area contributed by atoms with Gasteiger partial charge in [-0.15, -0.1) is 0 Å². The topological polar surface area (TPSA) is 102 Å². The summed E-state index contributed by atoms with van der Waals surface area (Å²) in [5.41, 5.74) is 6.08. The summed E-state index contributed by atoms with van der Waals surface area (Å²) in [6, 6.07) is 17.2. The zero-order valence-corrected chi connectivity index (χ0v) is 25.2. The van der Waals surface area contributed by atoms with E-state index in [4.69, 9.17) is 26.8 Å². The molecule has 8 nitrogen and oxygen atoms in total. The van der Waals surface area contributed by atoms with E-state index in [2.05, 4.69) is 0 Å². The van der Waals surface area contributed by atoms with Crippen molar-refractivity contribution in [1.82, 2.24) is 9.21 Å². The lowest BCUT2D eigenvalue weighted by atomic mass is 9.98. The van der Waals surface area contributed by atoms with Crippen LogP contribution in [-0.4, -0.2) is 67.5 Å². The number of amides is 1. The zero-order valence-electron chi connectivity index (χ0n) is 23.7. The van der Waals surface area contributed by atoms with Crippen LogP contribution in [0.3, 0.4) is 0 Å². The predicted molar refractivity (Wildman–Crippen MR) is 163 cm³/mol. The molecule has 0 aromatic heterocycles. The van der Waals surface area contributed by atoms with Gasteiger partial charge in [-0.25, -0.2) is 8.42 Å². The number of carbonyl (C=O) groups excluding carboxylic acids is 1. The van der Waals surface area contributed by atoms with Crippen LogP contribution < -0.4 is 15.2 Å². The molecule has 0 bridgehead atoms. The molecule has 2 heterocycles. The number of sulfonamides is 1. The molecular formula is C32H38ClN3O5S. The number of nitrogens with two attached hydrogens (primary N) is 1. The first-order valence-electron chi connectivity index (χ1n) is 15.0. The molecule has 2 N–H and O–H groups in total. The van der Waals surface area contributed by atoms with E-state index in [0.29, 0.717) is 43.1 Å². The first-order chi connectivity index (χ1) is 20.3. The smallest absolute Gasteiger partial charge is 0.243 e. The Morgan fingerprint density at radius 2 is 1.43 bits per heavy atom. The van der Waals surface area contributed by atoms with Crippen LogP contribution in [0.2, 0.25) is 5.02 Å². The predicted octanol–water partition coefficient (Wildman–Crippen LogP) is 5.37. The Balaban J connectivity index is 1.25. The molecule has 6 rings (SSSR count). The highest BCUT2D eigenvalue weighted by Crippen LogP contribution is 2.33. The van der Waals surface area contributed by atoms with E-state index in [0.717, 1.165) is 29.4 Å². The first kappa shape index (κ1) is 29.2. The fourth-order valence-corrected chi connectivity index (χ4v) is 8.11. The van der Waals surface area contributed by atoms with Crippen molar-refractivity contribution in [3.05, 3.63) is 65.7 Å². The number of hydrogen-bond donors (Lipinski definition) is 1. The molecule has 1 saturated carbocycles. The van der Waals surface area contributed by atoms with Gasteiger partial charge >= 0.3 is 0 Å². The van der Waals surface area contributed by atoms with Crippen LogP contribution in [0.15, 0.2) is 65.6 Å². The van der Waals surface area contributed by atoms with Gasteiger partial charge in [0.2, 0.25) is 15.9 Å².